The molecule has 130 valence electrons. The number of halogens is 2. The number of ether oxygens (including phenoxy) is 1. The molecule has 2 rings (SSSR count). The molecule has 0 radical (unpaired) electrons. The van der Waals surface area contributed by atoms with Gasteiger partial charge in [-0.05, 0) is 62.5 Å². The summed E-state index contributed by atoms with van der Waals surface area (Å²) in [7, 11) is -3.19. The third kappa shape index (κ3) is 5.96. The van der Waals surface area contributed by atoms with Crippen LogP contribution < -0.4 is 9.46 Å². The standard InChI is InChI=1S/C15H15Br2NO4S2/c1-24(20,21)18-8-7-10-5-6-14(23-10)13(19)9-22-15-11(16)3-2-4-12(15)17/h2-6,18H,7-9H2,1H3. The van der Waals surface area contributed by atoms with Gasteiger partial charge in [-0.15, -0.1) is 11.3 Å². The fourth-order valence-electron chi connectivity index (χ4n) is 1.85. The highest BCUT2D eigenvalue weighted by atomic mass is 79.9. The number of para-hydroxylation sites is 1. The number of hydrogen-bond acceptors (Lipinski definition) is 5. The summed E-state index contributed by atoms with van der Waals surface area (Å²) >= 11 is 8.11. The van der Waals surface area contributed by atoms with Crippen LogP contribution in [0.5, 0.6) is 5.75 Å². The van der Waals surface area contributed by atoms with E-state index < -0.39 is 10.0 Å². The summed E-state index contributed by atoms with van der Waals surface area (Å²) in [6, 6.07) is 9.10. The number of benzene rings is 1. The van der Waals surface area contributed by atoms with Crippen molar-refractivity contribution in [1.82, 2.24) is 4.72 Å². The maximum absolute atomic E-state index is 12.2. The average Bonchev–Trinajstić information content (AvgIpc) is 2.94. The molecule has 0 saturated carbocycles. The average molecular weight is 497 g/mol. The second-order valence-corrected chi connectivity index (χ2v) is 9.66. The Kier molecular flexibility index (Phi) is 6.99. The van der Waals surface area contributed by atoms with Gasteiger partial charge >= 0.3 is 0 Å². The smallest absolute Gasteiger partial charge is 0.210 e. The topological polar surface area (TPSA) is 72.5 Å². The van der Waals surface area contributed by atoms with Crippen LogP contribution in [0, 0.1) is 0 Å². The lowest BCUT2D eigenvalue weighted by Gasteiger charge is -2.08. The molecule has 1 aromatic heterocycles. The first-order valence-electron chi connectivity index (χ1n) is 6.89. The van der Waals surface area contributed by atoms with Crippen LogP contribution >= 0.6 is 43.2 Å². The molecule has 1 N–H and O–H groups in total. The zero-order valence-electron chi connectivity index (χ0n) is 12.7. The van der Waals surface area contributed by atoms with E-state index in [9.17, 15) is 13.2 Å². The summed E-state index contributed by atoms with van der Waals surface area (Å²) < 4.78 is 31.6. The molecule has 0 spiro atoms. The minimum Gasteiger partial charge on any atom is -0.483 e. The molecule has 0 aliphatic rings. The van der Waals surface area contributed by atoms with E-state index in [0.717, 1.165) is 20.1 Å². The molecule has 1 aromatic carbocycles. The van der Waals surface area contributed by atoms with Crippen LogP contribution in [0.25, 0.3) is 0 Å². The number of ketones is 1. The first kappa shape index (κ1) is 19.6. The molecule has 0 saturated heterocycles. The molecule has 0 unspecified atom stereocenters. The van der Waals surface area contributed by atoms with Gasteiger partial charge in [-0.1, -0.05) is 6.07 Å². The zero-order valence-corrected chi connectivity index (χ0v) is 17.5. The largest absolute Gasteiger partial charge is 0.483 e. The van der Waals surface area contributed by atoms with Crippen molar-refractivity contribution in [2.24, 2.45) is 0 Å². The Bertz CT molecular complexity index is 813. The van der Waals surface area contributed by atoms with Crippen molar-refractivity contribution >= 4 is 59.0 Å². The quantitative estimate of drug-likeness (QED) is 0.566. The second kappa shape index (κ2) is 8.57. The van der Waals surface area contributed by atoms with Gasteiger partial charge in [0, 0.05) is 11.4 Å². The molecule has 2 aromatic rings. The summed E-state index contributed by atoms with van der Waals surface area (Å²) in [5.74, 6) is 0.463. The summed E-state index contributed by atoms with van der Waals surface area (Å²) in [5, 5.41) is 0. The normalized spacial score (nSPS) is 11.5. The number of hydrogen-bond donors (Lipinski definition) is 1. The third-order valence-corrected chi connectivity index (χ3v) is 6.10. The number of rotatable bonds is 8. The molecule has 24 heavy (non-hydrogen) atoms. The molecule has 0 aliphatic heterocycles. The first-order chi connectivity index (χ1) is 11.3. The number of thiophene rings is 1. The molecular formula is C15H15Br2NO4S2. The highest BCUT2D eigenvalue weighted by Gasteiger charge is 2.13. The summed E-state index contributed by atoms with van der Waals surface area (Å²) in [6.45, 7) is 0.246. The number of sulfonamides is 1. The Balaban J connectivity index is 1.91. The Morgan fingerprint density at radius 3 is 2.50 bits per heavy atom. The molecule has 9 heteroatoms. The zero-order chi connectivity index (χ0) is 17.7. The Morgan fingerprint density at radius 1 is 1.21 bits per heavy atom. The van der Waals surface area contributed by atoms with Crippen molar-refractivity contribution in [1.29, 1.82) is 0 Å². The van der Waals surface area contributed by atoms with Crippen molar-refractivity contribution < 1.29 is 17.9 Å². The minimum atomic E-state index is -3.19. The second-order valence-electron chi connectivity index (χ2n) is 4.95. The number of carbonyl (C=O) groups is 1. The molecule has 5 nitrogen and oxygen atoms in total. The van der Waals surface area contributed by atoms with E-state index in [1.165, 1.54) is 11.3 Å². The molecule has 0 aliphatic carbocycles. The van der Waals surface area contributed by atoms with E-state index in [0.29, 0.717) is 23.6 Å². The van der Waals surface area contributed by atoms with Crippen molar-refractivity contribution in [3.05, 3.63) is 49.0 Å². The van der Waals surface area contributed by atoms with Crippen molar-refractivity contribution in [2.45, 2.75) is 6.42 Å². The van der Waals surface area contributed by atoms with E-state index >= 15 is 0 Å². The molecule has 0 atom stereocenters. The van der Waals surface area contributed by atoms with Crippen LogP contribution in [0.1, 0.15) is 14.5 Å². The van der Waals surface area contributed by atoms with Crippen LogP contribution in [-0.2, 0) is 16.4 Å². The number of nitrogens with one attached hydrogen (secondary N) is 1. The van der Waals surface area contributed by atoms with Crippen molar-refractivity contribution in [3.8, 4) is 5.75 Å². The first-order valence-corrected chi connectivity index (χ1v) is 11.2. The SMILES string of the molecule is CS(=O)(=O)NCCc1ccc(C(=O)COc2c(Br)cccc2Br)s1. The fourth-order valence-corrected chi connectivity index (χ4v) is 4.48. The summed E-state index contributed by atoms with van der Waals surface area (Å²) in [5.41, 5.74) is 0. The van der Waals surface area contributed by atoms with E-state index in [1.807, 2.05) is 24.3 Å². The van der Waals surface area contributed by atoms with Crippen LogP contribution in [0.2, 0.25) is 0 Å². The van der Waals surface area contributed by atoms with Gasteiger partial charge in [0.05, 0.1) is 20.1 Å². The Morgan fingerprint density at radius 2 is 1.88 bits per heavy atom. The predicted octanol–water partition coefficient (Wildman–Crippen LogP) is 3.63. The van der Waals surface area contributed by atoms with Crippen molar-refractivity contribution in [3.63, 3.8) is 0 Å². The van der Waals surface area contributed by atoms with Crippen LogP contribution in [0.15, 0.2) is 39.3 Å². The highest BCUT2D eigenvalue weighted by Crippen LogP contribution is 2.33. The lowest BCUT2D eigenvalue weighted by Crippen LogP contribution is -2.24. The van der Waals surface area contributed by atoms with E-state index in [-0.39, 0.29) is 12.4 Å². The van der Waals surface area contributed by atoms with Crippen LogP contribution in [0.4, 0.5) is 0 Å². The molecule has 0 fully saturated rings. The van der Waals surface area contributed by atoms with E-state index in [1.54, 1.807) is 6.07 Å². The molecule has 0 amide bonds. The maximum atomic E-state index is 12.2. The maximum Gasteiger partial charge on any atom is 0.210 e. The predicted molar refractivity (Wildman–Crippen MR) is 103 cm³/mol. The van der Waals surface area contributed by atoms with Gasteiger partial charge in [0.15, 0.2) is 6.61 Å². The Labute approximate surface area is 161 Å². The van der Waals surface area contributed by atoms with Crippen LogP contribution in [-0.4, -0.2) is 33.6 Å². The van der Waals surface area contributed by atoms with E-state index in [4.69, 9.17) is 4.74 Å². The van der Waals surface area contributed by atoms with E-state index in [2.05, 4.69) is 36.6 Å². The van der Waals surface area contributed by atoms with Gasteiger partial charge in [-0.2, -0.15) is 0 Å². The lowest BCUT2D eigenvalue weighted by atomic mass is 10.3. The van der Waals surface area contributed by atoms with Gasteiger partial charge in [0.1, 0.15) is 5.75 Å². The lowest BCUT2D eigenvalue weighted by molar-refractivity contribution is 0.0924. The number of Topliss-reactive ketones (excluding diaryl/α,β-unsaturated/α-hetero) is 1. The summed E-state index contributed by atoms with van der Waals surface area (Å²) in [4.78, 5) is 13.8. The highest BCUT2D eigenvalue weighted by molar-refractivity contribution is 9.11. The third-order valence-electron chi connectivity index (χ3n) is 2.94. The molecular weight excluding hydrogens is 482 g/mol. The van der Waals surface area contributed by atoms with Gasteiger partial charge in [-0.25, -0.2) is 13.1 Å². The van der Waals surface area contributed by atoms with Crippen molar-refractivity contribution in [2.75, 3.05) is 19.4 Å². The molecule has 0 bridgehead atoms. The van der Waals surface area contributed by atoms with Crippen LogP contribution in [0.3, 0.4) is 0 Å². The van der Waals surface area contributed by atoms with Gasteiger partial charge < -0.3 is 4.74 Å². The monoisotopic (exact) mass is 495 g/mol. The van der Waals surface area contributed by atoms with Gasteiger partial charge in [0.2, 0.25) is 15.8 Å². The van der Waals surface area contributed by atoms with Gasteiger partial charge in [0.25, 0.3) is 0 Å². The fraction of sp³-hybridized carbons (Fsp3) is 0.267. The number of carbonyl (C=O) groups excluding carboxylic acids is 1. The summed E-state index contributed by atoms with van der Waals surface area (Å²) in [6.07, 6.45) is 1.66. The van der Waals surface area contributed by atoms with Gasteiger partial charge in [-0.3, -0.25) is 4.79 Å². The Hall–Kier alpha value is -0.740. The molecule has 1 heterocycles. The minimum absolute atomic E-state index is 0.0667.